The maximum absolute atomic E-state index is 5.46. The minimum absolute atomic E-state index is 0.181. The van der Waals surface area contributed by atoms with Gasteiger partial charge in [-0.15, -0.1) is 0 Å². The van der Waals surface area contributed by atoms with E-state index >= 15 is 0 Å². The fourth-order valence-corrected chi connectivity index (χ4v) is 1.05. The van der Waals surface area contributed by atoms with Gasteiger partial charge in [-0.2, -0.15) is 9.97 Å². The molecule has 2 aromatic heterocycles. The van der Waals surface area contributed by atoms with Crippen LogP contribution < -0.4 is 5.73 Å². The van der Waals surface area contributed by atoms with E-state index in [1.54, 1.807) is 13.1 Å². The second kappa shape index (κ2) is 2.81. The van der Waals surface area contributed by atoms with Gasteiger partial charge in [-0.05, 0) is 6.92 Å². The summed E-state index contributed by atoms with van der Waals surface area (Å²) < 4.78 is 0. The Hall–Kier alpha value is -1.98. The summed E-state index contributed by atoms with van der Waals surface area (Å²) in [5, 5.41) is 0. The van der Waals surface area contributed by atoms with Crippen LogP contribution in [0.2, 0.25) is 0 Å². The monoisotopic (exact) mass is 176 g/mol. The van der Waals surface area contributed by atoms with Gasteiger partial charge in [0.2, 0.25) is 5.95 Å². The van der Waals surface area contributed by atoms with Crippen LogP contribution in [0.15, 0.2) is 11.3 Å². The third-order valence-electron chi connectivity index (χ3n) is 1.54. The number of hydrogen-bond donors (Lipinski definition) is 2. The third kappa shape index (κ3) is 1.22. The molecule has 6 heteroatoms. The first kappa shape index (κ1) is 7.66. The number of nitrogen functional groups attached to an aromatic ring is 1. The molecule has 66 valence electrons. The van der Waals surface area contributed by atoms with E-state index in [2.05, 4.69) is 24.9 Å². The van der Waals surface area contributed by atoms with Gasteiger partial charge in [-0.3, -0.25) is 0 Å². The number of rotatable bonds is 1. The van der Waals surface area contributed by atoms with Crippen molar-refractivity contribution in [3.63, 3.8) is 0 Å². The van der Waals surface area contributed by atoms with Gasteiger partial charge in [0.1, 0.15) is 5.52 Å². The smallest absolute Gasteiger partial charge is 0.224 e. The highest BCUT2D eigenvalue weighted by atomic mass is 15.1. The lowest BCUT2D eigenvalue weighted by molar-refractivity contribution is 1.20. The topological polar surface area (TPSA) is 92.8 Å². The first-order chi connectivity index (χ1) is 6.31. The molecule has 0 spiro atoms. The molecule has 0 radical (unpaired) electrons. The second-order valence-corrected chi connectivity index (χ2v) is 2.39. The van der Waals surface area contributed by atoms with Crippen molar-refractivity contribution in [3.05, 3.63) is 6.33 Å². The van der Waals surface area contributed by atoms with Gasteiger partial charge in [0.05, 0.1) is 6.33 Å². The standard InChI is InChI=1S/C7H8N6/c1-2-9-5-4-6(11-3-10-4)13-7(8)12-5/h2-3H,1H3,(H3,8,10,11,12,13). The molecule has 0 bridgehead atoms. The first-order valence-corrected chi connectivity index (χ1v) is 3.76. The minimum atomic E-state index is 0.181. The Morgan fingerprint density at radius 1 is 1.54 bits per heavy atom. The second-order valence-electron chi connectivity index (χ2n) is 2.39. The molecule has 2 rings (SSSR count). The lowest BCUT2D eigenvalue weighted by Crippen LogP contribution is -1.94. The summed E-state index contributed by atoms with van der Waals surface area (Å²) in [7, 11) is 0. The van der Waals surface area contributed by atoms with E-state index in [0.717, 1.165) is 0 Å². The fourth-order valence-electron chi connectivity index (χ4n) is 1.05. The number of aromatic nitrogens is 4. The zero-order valence-electron chi connectivity index (χ0n) is 7.02. The average molecular weight is 176 g/mol. The summed E-state index contributed by atoms with van der Waals surface area (Å²) in [4.78, 5) is 18.8. The average Bonchev–Trinajstić information content (AvgIpc) is 2.52. The predicted octanol–water partition coefficient (Wildman–Crippen LogP) is 0.657. The molecule has 2 heterocycles. The molecule has 0 aliphatic rings. The van der Waals surface area contributed by atoms with Gasteiger partial charge in [0.25, 0.3) is 0 Å². The summed E-state index contributed by atoms with van der Waals surface area (Å²) in [5.74, 6) is 0.697. The summed E-state index contributed by atoms with van der Waals surface area (Å²) in [6.45, 7) is 1.81. The molecule has 0 saturated carbocycles. The van der Waals surface area contributed by atoms with Gasteiger partial charge in [-0.25, -0.2) is 9.98 Å². The van der Waals surface area contributed by atoms with E-state index in [-0.39, 0.29) is 5.95 Å². The van der Waals surface area contributed by atoms with Gasteiger partial charge < -0.3 is 10.7 Å². The Bertz CT molecular complexity index is 457. The number of fused-ring (bicyclic) bond motifs is 1. The van der Waals surface area contributed by atoms with Crippen LogP contribution in [0.5, 0.6) is 0 Å². The molecule has 3 N–H and O–H groups in total. The Labute approximate surface area is 73.9 Å². The van der Waals surface area contributed by atoms with Crippen molar-refractivity contribution in [3.8, 4) is 0 Å². The van der Waals surface area contributed by atoms with E-state index in [9.17, 15) is 0 Å². The number of nitrogens with one attached hydrogen (secondary N) is 1. The van der Waals surface area contributed by atoms with Crippen LogP contribution in [0.4, 0.5) is 11.8 Å². The molecule has 0 saturated heterocycles. The highest BCUT2D eigenvalue weighted by Gasteiger charge is 2.05. The predicted molar refractivity (Wildman–Crippen MR) is 49.9 cm³/mol. The molecular formula is C7H8N6. The van der Waals surface area contributed by atoms with E-state index in [0.29, 0.717) is 17.0 Å². The van der Waals surface area contributed by atoms with Crippen LogP contribution in [0.25, 0.3) is 11.2 Å². The molecule has 0 aliphatic carbocycles. The third-order valence-corrected chi connectivity index (χ3v) is 1.54. The lowest BCUT2D eigenvalue weighted by Gasteiger charge is -1.95. The van der Waals surface area contributed by atoms with Crippen molar-refractivity contribution < 1.29 is 0 Å². The quantitative estimate of drug-likeness (QED) is 0.624. The Morgan fingerprint density at radius 2 is 2.38 bits per heavy atom. The van der Waals surface area contributed by atoms with Crippen molar-refractivity contribution in [2.24, 2.45) is 4.99 Å². The molecular weight excluding hydrogens is 168 g/mol. The van der Waals surface area contributed by atoms with E-state index in [1.165, 1.54) is 6.33 Å². The van der Waals surface area contributed by atoms with Crippen LogP contribution in [0.3, 0.4) is 0 Å². The van der Waals surface area contributed by atoms with Crippen molar-refractivity contribution in [2.75, 3.05) is 5.73 Å². The Morgan fingerprint density at radius 3 is 3.15 bits per heavy atom. The number of imidazole rings is 1. The highest BCUT2D eigenvalue weighted by Crippen LogP contribution is 2.19. The Balaban J connectivity index is 2.77. The summed E-state index contributed by atoms with van der Waals surface area (Å²) in [6, 6.07) is 0. The molecule has 0 aliphatic heterocycles. The number of nitrogens with zero attached hydrogens (tertiary/aromatic N) is 4. The SMILES string of the molecule is CC=Nc1nc(N)nc2nc[nH]c12. The van der Waals surface area contributed by atoms with Gasteiger partial charge in [0.15, 0.2) is 11.5 Å². The molecule has 0 aromatic carbocycles. The normalized spacial score (nSPS) is 11.5. The van der Waals surface area contributed by atoms with Crippen LogP contribution in [-0.4, -0.2) is 26.2 Å². The zero-order chi connectivity index (χ0) is 9.26. The number of H-pyrrole nitrogens is 1. The number of aromatic amines is 1. The number of hydrogen-bond acceptors (Lipinski definition) is 5. The van der Waals surface area contributed by atoms with Crippen LogP contribution >= 0.6 is 0 Å². The number of aliphatic imine (C=N–C) groups is 1. The van der Waals surface area contributed by atoms with Crippen LogP contribution in [0.1, 0.15) is 6.92 Å². The maximum atomic E-state index is 5.46. The molecule has 2 aromatic rings. The molecule has 0 atom stereocenters. The van der Waals surface area contributed by atoms with E-state index in [4.69, 9.17) is 5.73 Å². The van der Waals surface area contributed by atoms with Crippen molar-refractivity contribution >= 4 is 29.1 Å². The summed E-state index contributed by atoms with van der Waals surface area (Å²) in [5.41, 5.74) is 6.70. The largest absolute Gasteiger partial charge is 0.368 e. The lowest BCUT2D eigenvalue weighted by atomic mass is 10.5. The molecule has 0 fully saturated rings. The van der Waals surface area contributed by atoms with Gasteiger partial charge in [0, 0.05) is 6.21 Å². The van der Waals surface area contributed by atoms with Crippen molar-refractivity contribution in [2.45, 2.75) is 6.92 Å². The molecule has 6 nitrogen and oxygen atoms in total. The van der Waals surface area contributed by atoms with Crippen molar-refractivity contribution in [1.82, 2.24) is 19.9 Å². The van der Waals surface area contributed by atoms with E-state index in [1.807, 2.05) is 0 Å². The minimum Gasteiger partial charge on any atom is -0.368 e. The Kier molecular flexibility index (Phi) is 1.66. The summed E-state index contributed by atoms with van der Waals surface area (Å²) in [6.07, 6.45) is 3.18. The van der Waals surface area contributed by atoms with Crippen LogP contribution in [-0.2, 0) is 0 Å². The van der Waals surface area contributed by atoms with Gasteiger partial charge >= 0.3 is 0 Å². The van der Waals surface area contributed by atoms with Gasteiger partial charge in [-0.1, -0.05) is 0 Å². The van der Waals surface area contributed by atoms with Crippen LogP contribution in [0, 0.1) is 0 Å². The fraction of sp³-hybridized carbons (Fsp3) is 0.143. The summed E-state index contributed by atoms with van der Waals surface area (Å²) >= 11 is 0. The zero-order valence-corrected chi connectivity index (χ0v) is 7.02. The first-order valence-electron chi connectivity index (χ1n) is 3.76. The van der Waals surface area contributed by atoms with E-state index < -0.39 is 0 Å². The molecule has 0 amide bonds. The molecule has 13 heavy (non-hydrogen) atoms. The molecule has 0 unspecified atom stereocenters. The highest BCUT2D eigenvalue weighted by molar-refractivity contribution is 5.83. The maximum Gasteiger partial charge on any atom is 0.224 e. The van der Waals surface area contributed by atoms with Crippen molar-refractivity contribution in [1.29, 1.82) is 0 Å². The number of anilines is 1. The number of nitrogens with two attached hydrogens (primary N) is 1.